The van der Waals surface area contributed by atoms with Gasteiger partial charge in [-0.1, -0.05) is 12.1 Å². The third kappa shape index (κ3) is 6.66. The van der Waals surface area contributed by atoms with Gasteiger partial charge in [-0.25, -0.2) is 0 Å². The van der Waals surface area contributed by atoms with Crippen LogP contribution in [0.5, 0.6) is 11.5 Å². The summed E-state index contributed by atoms with van der Waals surface area (Å²) in [5.74, 6) is 1.17. The minimum atomic E-state index is -0.232. The molecule has 0 fully saturated rings. The first kappa shape index (κ1) is 20.3. The largest absolute Gasteiger partial charge is 0.497 e. The van der Waals surface area contributed by atoms with E-state index in [4.69, 9.17) is 9.47 Å². The summed E-state index contributed by atoms with van der Waals surface area (Å²) in [6.45, 7) is 4.46. The van der Waals surface area contributed by atoms with Crippen LogP contribution < -0.4 is 14.8 Å². The van der Waals surface area contributed by atoms with E-state index >= 15 is 0 Å². The van der Waals surface area contributed by atoms with E-state index in [-0.39, 0.29) is 18.4 Å². The van der Waals surface area contributed by atoms with Crippen LogP contribution in [0.2, 0.25) is 0 Å². The van der Waals surface area contributed by atoms with Gasteiger partial charge in [0, 0.05) is 19.2 Å². The molecule has 0 atom stereocenters. The van der Waals surface area contributed by atoms with Crippen LogP contribution >= 0.6 is 0 Å². The van der Waals surface area contributed by atoms with Crippen LogP contribution in [0.15, 0.2) is 48.5 Å². The molecule has 0 aliphatic rings. The molecule has 0 aromatic heterocycles. The Bertz CT molecular complexity index is 742. The Morgan fingerprint density at radius 3 is 2.19 bits per heavy atom. The van der Waals surface area contributed by atoms with Gasteiger partial charge in [-0.3, -0.25) is 9.59 Å². The number of benzene rings is 2. The number of hydrogen-bond acceptors (Lipinski definition) is 4. The smallest absolute Gasteiger partial charge is 0.243 e. The van der Waals surface area contributed by atoms with Crippen LogP contribution in [0.4, 0.5) is 5.69 Å². The second-order valence-electron chi connectivity index (χ2n) is 6.04. The van der Waals surface area contributed by atoms with E-state index in [0.29, 0.717) is 25.3 Å². The lowest BCUT2D eigenvalue weighted by atomic mass is 10.1. The molecular formula is C21H26N2O4. The first-order valence-corrected chi connectivity index (χ1v) is 8.93. The van der Waals surface area contributed by atoms with E-state index in [1.54, 1.807) is 31.4 Å². The number of amides is 2. The zero-order valence-corrected chi connectivity index (χ0v) is 16.0. The minimum absolute atomic E-state index is 0.0126. The molecule has 27 heavy (non-hydrogen) atoms. The monoisotopic (exact) mass is 370 g/mol. The Hall–Kier alpha value is -3.02. The van der Waals surface area contributed by atoms with Gasteiger partial charge in [-0.15, -0.1) is 0 Å². The van der Waals surface area contributed by atoms with Crippen molar-refractivity contribution in [3.05, 3.63) is 54.1 Å². The van der Waals surface area contributed by atoms with Gasteiger partial charge >= 0.3 is 0 Å². The summed E-state index contributed by atoms with van der Waals surface area (Å²) in [4.78, 5) is 25.7. The van der Waals surface area contributed by atoms with Gasteiger partial charge in [0.1, 0.15) is 11.5 Å². The van der Waals surface area contributed by atoms with Gasteiger partial charge < -0.3 is 19.7 Å². The zero-order chi connectivity index (χ0) is 19.6. The van der Waals surface area contributed by atoms with Gasteiger partial charge in [0.05, 0.1) is 20.3 Å². The number of nitrogens with zero attached hydrogens (tertiary/aromatic N) is 1. The van der Waals surface area contributed by atoms with Gasteiger partial charge in [0.15, 0.2) is 0 Å². The molecule has 0 bridgehead atoms. The van der Waals surface area contributed by atoms with Crippen molar-refractivity contribution in [3.8, 4) is 11.5 Å². The number of nitrogens with one attached hydrogen (secondary N) is 1. The average Bonchev–Trinajstić information content (AvgIpc) is 2.67. The highest BCUT2D eigenvalue weighted by molar-refractivity contribution is 5.94. The number of rotatable bonds is 9. The Morgan fingerprint density at radius 2 is 1.63 bits per heavy atom. The summed E-state index contributed by atoms with van der Waals surface area (Å²) >= 11 is 0. The van der Waals surface area contributed by atoms with E-state index in [1.165, 1.54) is 11.8 Å². The lowest BCUT2D eigenvalue weighted by molar-refractivity contribution is -0.132. The lowest BCUT2D eigenvalue weighted by Gasteiger charge is -2.20. The molecule has 2 aromatic carbocycles. The van der Waals surface area contributed by atoms with Gasteiger partial charge in [-0.2, -0.15) is 0 Å². The normalized spacial score (nSPS) is 10.2. The minimum Gasteiger partial charge on any atom is -0.497 e. The lowest BCUT2D eigenvalue weighted by Crippen LogP contribution is -2.37. The third-order valence-corrected chi connectivity index (χ3v) is 4.06. The Morgan fingerprint density at radius 1 is 1.00 bits per heavy atom. The molecule has 2 rings (SSSR count). The number of carbonyl (C=O) groups excluding carboxylic acids is 2. The molecule has 2 amide bonds. The number of ether oxygens (including phenoxy) is 2. The summed E-state index contributed by atoms with van der Waals surface area (Å²) in [5, 5.41) is 2.80. The summed E-state index contributed by atoms with van der Waals surface area (Å²) in [7, 11) is 1.62. The molecular weight excluding hydrogens is 344 g/mol. The average molecular weight is 370 g/mol. The highest BCUT2D eigenvalue weighted by Crippen LogP contribution is 2.16. The summed E-state index contributed by atoms with van der Waals surface area (Å²) in [5.41, 5.74) is 1.75. The molecule has 0 aliphatic heterocycles. The predicted molar refractivity (Wildman–Crippen MR) is 105 cm³/mol. The van der Waals surface area contributed by atoms with E-state index in [1.807, 2.05) is 31.2 Å². The predicted octanol–water partition coefficient (Wildman–Crippen LogP) is 3.12. The van der Waals surface area contributed by atoms with Gasteiger partial charge in [0.2, 0.25) is 11.8 Å². The van der Waals surface area contributed by atoms with Crippen molar-refractivity contribution in [2.24, 2.45) is 0 Å². The molecule has 0 aliphatic carbocycles. The Balaban J connectivity index is 1.88. The number of hydrogen-bond donors (Lipinski definition) is 1. The van der Waals surface area contributed by atoms with Crippen LogP contribution in [-0.4, -0.2) is 43.5 Å². The molecule has 0 saturated heterocycles. The fourth-order valence-corrected chi connectivity index (χ4v) is 2.58. The molecule has 2 aromatic rings. The first-order valence-electron chi connectivity index (χ1n) is 8.93. The van der Waals surface area contributed by atoms with E-state index < -0.39 is 0 Å². The van der Waals surface area contributed by atoms with Crippen molar-refractivity contribution in [2.45, 2.75) is 20.3 Å². The van der Waals surface area contributed by atoms with Crippen LogP contribution in [0.25, 0.3) is 0 Å². The molecule has 144 valence electrons. The van der Waals surface area contributed by atoms with E-state index in [9.17, 15) is 9.59 Å². The Kier molecular flexibility index (Phi) is 7.67. The van der Waals surface area contributed by atoms with Gasteiger partial charge in [-0.05, 0) is 55.3 Å². The highest BCUT2D eigenvalue weighted by atomic mass is 16.5. The van der Waals surface area contributed by atoms with Crippen LogP contribution in [0, 0.1) is 0 Å². The molecule has 1 N–H and O–H groups in total. The summed E-state index contributed by atoms with van der Waals surface area (Å²) < 4.78 is 10.5. The van der Waals surface area contributed by atoms with Crippen molar-refractivity contribution in [2.75, 3.05) is 32.1 Å². The fourth-order valence-electron chi connectivity index (χ4n) is 2.58. The molecule has 0 radical (unpaired) electrons. The maximum absolute atomic E-state index is 12.3. The number of methoxy groups -OCH3 is 1. The zero-order valence-electron chi connectivity index (χ0n) is 16.0. The van der Waals surface area contributed by atoms with Gasteiger partial charge in [0.25, 0.3) is 0 Å². The maximum Gasteiger partial charge on any atom is 0.243 e. The first-order chi connectivity index (χ1) is 13.0. The quantitative estimate of drug-likeness (QED) is 0.736. The van der Waals surface area contributed by atoms with Crippen molar-refractivity contribution < 1.29 is 19.1 Å². The van der Waals surface area contributed by atoms with E-state index in [2.05, 4.69) is 5.32 Å². The second-order valence-corrected chi connectivity index (χ2v) is 6.04. The standard InChI is InChI=1S/C21H26N2O4/c1-4-27-20-11-7-18(8-12-20)22-21(25)15-23(16(2)24)14-13-17-5-9-19(26-3)10-6-17/h5-12H,4,13-15H2,1-3H3,(H,22,25). The molecule has 0 heterocycles. The fraction of sp³-hybridized carbons (Fsp3) is 0.333. The molecule has 0 spiro atoms. The molecule has 6 heteroatoms. The van der Waals surface area contributed by atoms with Crippen LogP contribution in [-0.2, 0) is 16.0 Å². The van der Waals surface area contributed by atoms with E-state index in [0.717, 1.165) is 17.1 Å². The van der Waals surface area contributed by atoms with Crippen molar-refractivity contribution >= 4 is 17.5 Å². The Labute approximate surface area is 160 Å². The third-order valence-electron chi connectivity index (χ3n) is 4.06. The number of carbonyl (C=O) groups is 2. The summed E-state index contributed by atoms with van der Waals surface area (Å²) in [6, 6.07) is 14.8. The maximum atomic E-state index is 12.3. The topological polar surface area (TPSA) is 67.9 Å². The second kappa shape index (κ2) is 10.2. The SMILES string of the molecule is CCOc1ccc(NC(=O)CN(CCc2ccc(OC)cc2)C(C)=O)cc1. The van der Waals surface area contributed by atoms with Crippen molar-refractivity contribution in [1.29, 1.82) is 0 Å². The summed E-state index contributed by atoms with van der Waals surface area (Å²) in [6.07, 6.45) is 0.667. The van der Waals surface area contributed by atoms with Crippen LogP contribution in [0.3, 0.4) is 0 Å². The molecule has 0 saturated carbocycles. The van der Waals surface area contributed by atoms with Crippen molar-refractivity contribution in [1.82, 2.24) is 4.90 Å². The van der Waals surface area contributed by atoms with Crippen molar-refractivity contribution in [3.63, 3.8) is 0 Å². The van der Waals surface area contributed by atoms with Crippen LogP contribution in [0.1, 0.15) is 19.4 Å². The molecule has 6 nitrogen and oxygen atoms in total. The highest BCUT2D eigenvalue weighted by Gasteiger charge is 2.14. The molecule has 0 unspecified atom stereocenters. The number of anilines is 1.